The van der Waals surface area contributed by atoms with Crippen molar-refractivity contribution in [1.82, 2.24) is 51.9 Å². The Balaban J connectivity index is 1.69. The number of hydrogen-bond donors (Lipinski definition) is 12. The number of amides is 11. The molecule has 100 heavy (non-hydrogen) atoms. The van der Waals surface area contributed by atoms with Crippen LogP contribution in [0.3, 0.4) is 0 Å². The van der Waals surface area contributed by atoms with Gasteiger partial charge in [-0.3, -0.25) is 67.3 Å². The minimum atomic E-state index is -1.80. The highest BCUT2D eigenvalue weighted by atomic mass is 33.1. The van der Waals surface area contributed by atoms with Crippen molar-refractivity contribution < 1.29 is 72.5 Å². The van der Waals surface area contributed by atoms with E-state index < -0.39 is 197 Å². The van der Waals surface area contributed by atoms with Crippen LogP contribution in [-0.4, -0.2) is 217 Å². The van der Waals surface area contributed by atoms with Gasteiger partial charge in [-0.1, -0.05) is 116 Å². The van der Waals surface area contributed by atoms with Gasteiger partial charge in [0.25, 0.3) is 0 Å². The topological polar surface area (TPSA) is 447 Å². The van der Waals surface area contributed by atoms with Crippen molar-refractivity contribution in [3.05, 3.63) is 0 Å². The van der Waals surface area contributed by atoms with E-state index in [9.17, 15) is 48.6 Å². The molecule has 15 N–H and O–H groups in total. The molecule has 0 radical (unpaired) electrons. The van der Waals surface area contributed by atoms with Crippen LogP contribution < -0.4 is 54.4 Å². The largest absolute Gasteiger partial charge is 0.396 e. The molecule has 11 amide bonds. The summed E-state index contributed by atoms with van der Waals surface area (Å²) in [7, 11) is 1.95. The fraction of sp³-hybridized carbons (Fsp3) is 0.797. The van der Waals surface area contributed by atoms with E-state index in [4.69, 9.17) is 17.2 Å². The van der Waals surface area contributed by atoms with Crippen molar-refractivity contribution in [2.45, 2.75) is 269 Å². The molecular weight excluding hydrogens is 1330 g/mol. The molecular formula is C69H116N14O15S2. The summed E-state index contributed by atoms with van der Waals surface area (Å²) in [6.07, 6.45) is 5.47. The van der Waals surface area contributed by atoms with E-state index >= 15 is 24.0 Å². The molecule has 0 aromatic heterocycles. The fourth-order valence-electron chi connectivity index (χ4n) is 14.3. The normalized spacial score (nSPS) is 28.8. The number of nitrogens with zero attached hydrogens (tertiary/aromatic N) is 4. The third-order valence-corrected chi connectivity index (χ3v) is 24.0. The number of rotatable bonds is 23. The molecule has 5 rings (SSSR count). The number of Topliss-reactive ketones (excluding diaryl/α,β-unsaturated/α-hetero) is 2. The first-order valence-electron chi connectivity index (χ1n) is 36.3. The fourth-order valence-corrected chi connectivity index (χ4v) is 17.1. The van der Waals surface area contributed by atoms with Crippen LogP contribution in [0, 0.1) is 41.4 Å². The molecule has 31 heteroatoms. The quantitative estimate of drug-likeness (QED) is 0.0297. The Morgan fingerprint density at radius 3 is 1.96 bits per heavy atom. The number of likely N-dealkylation sites (tertiary alicyclic amines) is 1. The van der Waals surface area contributed by atoms with E-state index in [1.807, 2.05) is 34.6 Å². The lowest BCUT2D eigenvalue weighted by Crippen LogP contribution is -2.64. The van der Waals surface area contributed by atoms with Crippen LogP contribution in [0.15, 0.2) is 4.99 Å². The molecule has 0 aromatic carbocycles. The van der Waals surface area contributed by atoms with Gasteiger partial charge in [0, 0.05) is 67.3 Å². The van der Waals surface area contributed by atoms with Gasteiger partial charge in [-0.25, -0.2) is 0 Å². The highest BCUT2D eigenvalue weighted by molar-refractivity contribution is 8.77. The van der Waals surface area contributed by atoms with E-state index in [-0.39, 0.29) is 87.7 Å². The molecule has 0 unspecified atom stereocenters. The number of primary amides is 1. The van der Waals surface area contributed by atoms with E-state index in [0.29, 0.717) is 51.4 Å². The van der Waals surface area contributed by atoms with Gasteiger partial charge in [0.05, 0.1) is 19.3 Å². The molecule has 0 aromatic rings. The van der Waals surface area contributed by atoms with Crippen LogP contribution >= 0.6 is 21.6 Å². The lowest BCUT2D eigenvalue weighted by atomic mass is 9.84. The van der Waals surface area contributed by atoms with E-state index in [1.165, 1.54) is 9.80 Å². The number of nitrogens with one attached hydrogen (secondary N) is 7. The van der Waals surface area contributed by atoms with Gasteiger partial charge >= 0.3 is 0 Å². The van der Waals surface area contributed by atoms with Crippen LogP contribution in [0.5, 0.6) is 0 Å². The third-order valence-electron chi connectivity index (χ3n) is 20.7. The Labute approximate surface area is 597 Å². The maximum absolute atomic E-state index is 15.5. The molecule has 4 aliphatic heterocycles. The molecule has 0 bridgehead atoms. The van der Waals surface area contributed by atoms with Crippen LogP contribution in [0.25, 0.3) is 0 Å². The zero-order valence-corrected chi connectivity index (χ0v) is 62.2. The minimum Gasteiger partial charge on any atom is -0.396 e. The molecule has 4 saturated heterocycles. The summed E-state index contributed by atoms with van der Waals surface area (Å²) >= 11 is 0. The lowest BCUT2D eigenvalue weighted by molar-refractivity contribution is -0.151. The lowest BCUT2D eigenvalue weighted by Gasteiger charge is -2.38. The summed E-state index contributed by atoms with van der Waals surface area (Å²) in [6, 6.07) is -13.6. The number of fused-ring (bicyclic) bond motifs is 4. The van der Waals surface area contributed by atoms with E-state index in [1.54, 1.807) is 46.4 Å². The van der Waals surface area contributed by atoms with Crippen molar-refractivity contribution in [2.24, 2.45) is 63.6 Å². The van der Waals surface area contributed by atoms with Gasteiger partial charge in [0.2, 0.25) is 65.0 Å². The summed E-state index contributed by atoms with van der Waals surface area (Å²) in [5, 5.41) is 41.2. The first-order valence-corrected chi connectivity index (χ1v) is 38.6. The number of guanidine groups is 1. The summed E-state index contributed by atoms with van der Waals surface area (Å²) in [5.74, 6) is -13.9. The highest BCUT2D eigenvalue weighted by Gasteiger charge is 2.53. The Morgan fingerprint density at radius 1 is 0.690 bits per heavy atom. The van der Waals surface area contributed by atoms with E-state index in [0.717, 1.165) is 40.9 Å². The van der Waals surface area contributed by atoms with Crippen molar-refractivity contribution in [1.29, 1.82) is 0 Å². The molecule has 29 nitrogen and oxygen atoms in total. The number of aliphatic imine (C=N–C) groups is 1. The van der Waals surface area contributed by atoms with Crippen molar-refractivity contribution in [2.75, 3.05) is 38.6 Å². The third kappa shape index (κ3) is 22.7. The Morgan fingerprint density at radius 2 is 1.34 bits per heavy atom. The van der Waals surface area contributed by atoms with E-state index in [2.05, 4.69) is 42.2 Å². The maximum Gasteiger partial charge on any atom is 0.246 e. The highest BCUT2D eigenvalue weighted by Crippen LogP contribution is 2.43. The Hall–Kier alpha value is -6.60. The van der Waals surface area contributed by atoms with Crippen LogP contribution in [0.1, 0.15) is 198 Å². The minimum absolute atomic E-state index is 0.00704. The molecule has 5 aliphatic rings. The zero-order chi connectivity index (χ0) is 74.5. The van der Waals surface area contributed by atoms with Gasteiger partial charge in [-0.15, -0.1) is 0 Å². The molecule has 1 aliphatic carbocycles. The summed E-state index contributed by atoms with van der Waals surface area (Å²) in [4.78, 5) is 199. The number of carbonyl (C=O) groups excluding carboxylic acids is 13. The monoisotopic (exact) mass is 1440 g/mol. The summed E-state index contributed by atoms with van der Waals surface area (Å²) in [6.45, 7) is 17.9. The van der Waals surface area contributed by atoms with Crippen molar-refractivity contribution in [3.8, 4) is 0 Å². The predicted octanol–water partition coefficient (Wildman–Crippen LogP) is 1.35. The summed E-state index contributed by atoms with van der Waals surface area (Å²) in [5.41, 5.74) is 17.0. The average Bonchev–Trinajstić information content (AvgIpc) is 1.60. The zero-order valence-electron chi connectivity index (χ0n) is 60.6. The number of nitrogens with two attached hydrogens (primary N) is 3. The summed E-state index contributed by atoms with van der Waals surface area (Å²) < 4.78 is -1.46. The molecule has 564 valence electrons. The van der Waals surface area contributed by atoms with Gasteiger partial charge in [0.15, 0.2) is 11.7 Å². The van der Waals surface area contributed by atoms with Crippen LogP contribution in [0.2, 0.25) is 0 Å². The number of ketones is 2. The Bertz CT molecular complexity index is 2920. The first kappa shape index (κ1) is 84.1. The molecule has 5 fully saturated rings. The number of aliphatic hydroxyl groups is 2. The molecule has 17 atom stereocenters. The van der Waals surface area contributed by atoms with Crippen molar-refractivity contribution >= 4 is 104 Å². The second-order valence-electron chi connectivity index (χ2n) is 29.1. The smallest absolute Gasteiger partial charge is 0.246 e. The van der Waals surface area contributed by atoms with Gasteiger partial charge in [0.1, 0.15) is 60.2 Å². The van der Waals surface area contributed by atoms with Gasteiger partial charge < -0.3 is 79.3 Å². The Kier molecular flexibility index (Phi) is 33.4. The average molecular weight is 1450 g/mol. The van der Waals surface area contributed by atoms with Gasteiger partial charge in [-0.2, -0.15) is 0 Å². The van der Waals surface area contributed by atoms with Crippen LogP contribution in [-0.2, 0) is 62.3 Å². The predicted molar refractivity (Wildman–Crippen MR) is 380 cm³/mol. The van der Waals surface area contributed by atoms with Crippen LogP contribution in [0.4, 0.5) is 0 Å². The number of carbonyl (C=O) groups is 13. The maximum atomic E-state index is 15.5. The number of hydrogen-bond acceptors (Lipinski definition) is 18. The SMILES string of the molecule is CCCC(=O)N[C@H](C(=O)N[C@H]1CSSC(C)(C)[C@@H](C(=O)N[C@H](C(=O)N2CCC[C@H]2C(N)=O)[C@@H](C)CC)NC(=O)[C@H]([C@@H](C)CC)NC(=O)[C@@H]2C[C@@H]3CCCC[C@@H]3N2C(=O)[C@@H]2CCCN2C(=O)[C@H](CC(C)C)CC(=O)[C@H](CO)CC(=O)[C@H](CCCN=C(N)N)NC(=O)[C@H](CO)NC1=O)[C@@H](C)CC. The number of aliphatic hydroxyl groups excluding tert-OH is 2. The second-order valence-corrected chi connectivity index (χ2v) is 32.1. The molecule has 0 spiro atoms. The first-order chi connectivity index (χ1) is 47.3. The van der Waals surface area contributed by atoms with Crippen molar-refractivity contribution in [3.63, 3.8) is 0 Å². The van der Waals surface area contributed by atoms with Gasteiger partial charge in [-0.05, 0) is 114 Å². The molecule has 1 saturated carbocycles. The standard InChI is InChI=1S/C69H116N14O15S2/c1-12-21-53(88)77-54(38(7)13-2)62(93)76-46-36-99-100-69(10,11)57(64(95)79-56(40(9)15-4)67(98)81-28-19-25-48(81)58(70)89)80-63(94)55(39(8)14-3)78-61(92)50-31-41-22-16-17-24-47(41)83(50)66(97)49-26-20-29-82(49)65(96)42(30-37(5)6)32-51(86)43(34-84)33-52(87)44(23-18-27-73-68(71)72)74-59(90)45(35-85)75-60(46)91/h37-50,54-57,84-85H,12-36H2,1-11H3,(H2,70,89)(H,74,90)(H,75,91)(H,76,93)(H,77,88)(H,78,92)(H,79,95)(H,80,94)(H4,71,72,73)/t38-,39-,40-,41-,42+,43-,44-,45-,46-,47-,48-,49-,50-,54-,55-,56-,57+/m0/s1. The second kappa shape index (κ2) is 39.7. The molecule has 4 heterocycles.